The molecule has 7 nitrogen and oxygen atoms in total. The van der Waals surface area contributed by atoms with Gasteiger partial charge in [0.25, 0.3) is 0 Å². The van der Waals surface area contributed by atoms with E-state index in [1.807, 2.05) is 0 Å². The first-order valence-electron chi connectivity index (χ1n) is 9.01. The zero-order valence-electron chi connectivity index (χ0n) is 15.1. The number of carbonyl (C=O) groups excluding carboxylic acids is 1. The third kappa shape index (κ3) is 3.39. The van der Waals surface area contributed by atoms with Crippen LogP contribution in [0.4, 0.5) is 8.78 Å². The van der Waals surface area contributed by atoms with Crippen molar-refractivity contribution < 1.29 is 27.6 Å². The average Bonchev–Trinajstić information content (AvgIpc) is 3.40. The number of rotatable bonds is 4. The SMILES string of the molecule is O=C1CC(c2nc(-c3ccc4c(c3)OCO4)no2)CN1Cc1cc(F)cc(F)c1. The number of hydrogen-bond donors (Lipinski definition) is 0. The summed E-state index contributed by atoms with van der Waals surface area (Å²) in [5.41, 5.74) is 1.10. The highest BCUT2D eigenvalue weighted by Gasteiger charge is 2.34. The number of fused-ring (bicyclic) bond motifs is 1. The second-order valence-corrected chi connectivity index (χ2v) is 6.98. The van der Waals surface area contributed by atoms with E-state index in [-0.39, 0.29) is 31.6 Å². The maximum absolute atomic E-state index is 13.4. The molecule has 5 rings (SSSR count). The Morgan fingerprint density at radius 1 is 1.07 bits per heavy atom. The van der Waals surface area contributed by atoms with E-state index in [2.05, 4.69) is 10.1 Å². The Hall–Kier alpha value is -3.49. The highest BCUT2D eigenvalue weighted by atomic mass is 19.1. The molecule has 1 saturated heterocycles. The van der Waals surface area contributed by atoms with Crippen molar-refractivity contribution in [3.05, 3.63) is 59.5 Å². The van der Waals surface area contributed by atoms with Gasteiger partial charge in [-0.1, -0.05) is 5.16 Å². The predicted molar refractivity (Wildman–Crippen MR) is 95.0 cm³/mol. The smallest absolute Gasteiger partial charge is 0.232 e. The maximum atomic E-state index is 13.4. The third-order valence-electron chi connectivity index (χ3n) is 4.93. The zero-order valence-corrected chi connectivity index (χ0v) is 15.1. The number of nitrogens with zero attached hydrogens (tertiary/aromatic N) is 3. The molecule has 29 heavy (non-hydrogen) atoms. The Kier molecular flexibility index (Phi) is 4.15. The molecular weight excluding hydrogens is 384 g/mol. The molecule has 0 saturated carbocycles. The lowest BCUT2D eigenvalue weighted by atomic mass is 10.1. The van der Waals surface area contributed by atoms with Crippen LogP contribution in [0.5, 0.6) is 11.5 Å². The molecule has 2 aliphatic rings. The number of amides is 1. The van der Waals surface area contributed by atoms with Crippen molar-refractivity contribution in [2.24, 2.45) is 0 Å². The zero-order chi connectivity index (χ0) is 20.0. The molecule has 148 valence electrons. The number of benzene rings is 2. The van der Waals surface area contributed by atoms with Crippen LogP contribution in [-0.2, 0) is 11.3 Å². The van der Waals surface area contributed by atoms with Gasteiger partial charge in [-0.15, -0.1) is 0 Å². The van der Waals surface area contributed by atoms with Crippen LogP contribution in [0.15, 0.2) is 40.9 Å². The van der Waals surface area contributed by atoms with E-state index in [4.69, 9.17) is 14.0 Å². The largest absolute Gasteiger partial charge is 0.454 e. The molecule has 1 aromatic heterocycles. The Morgan fingerprint density at radius 3 is 2.69 bits per heavy atom. The molecule has 1 unspecified atom stereocenters. The molecule has 0 radical (unpaired) electrons. The molecule has 3 aromatic rings. The molecule has 0 N–H and O–H groups in total. The van der Waals surface area contributed by atoms with Gasteiger partial charge in [0.2, 0.25) is 24.4 Å². The van der Waals surface area contributed by atoms with Crippen molar-refractivity contribution >= 4 is 5.91 Å². The molecule has 3 heterocycles. The van der Waals surface area contributed by atoms with Gasteiger partial charge in [0.15, 0.2) is 11.5 Å². The van der Waals surface area contributed by atoms with E-state index < -0.39 is 11.6 Å². The molecule has 1 fully saturated rings. The maximum Gasteiger partial charge on any atom is 0.232 e. The summed E-state index contributed by atoms with van der Waals surface area (Å²) in [6.07, 6.45) is 0.195. The predicted octanol–water partition coefficient (Wildman–Crippen LogP) is 3.26. The quantitative estimate of drug-likeness (QED) is 0.670. The molecule has 0 bridgehead atoms. The first kappa shape index (κ1) is 17.6. The summed E-state index contributed by atoms with van der Waals surface area (Å²) in [6.45, 7) is 0.623. The Labute approximate surface area is 163 Å². The molecule has 0 aliphatic carbocycles. The Morgan fingerprint density at radius 2 is 1.86 bits per heavy atom. The first-order valence-corrected chi connectivity index (χ1v) is 9.01. The standard InChI is InChI=1S/C20H15F2N3O4/c21-14-3-11(4-15(22)7-14)8-25-9-13(6-18(25)26)20-23-19(24-29-20)12-1-2-16-17(5-12)28-10-27-16/h1-5,7,13H,6,8-10H2. The summed E-state index contributed by atoms with van der Waals surface area (Å²) < 4.78 is 42.8. The fraction of sp³-hybridized carbons (Fsp3) is 0.250. The number of carbonyl (C=O) groups is 1. The van der Waals surface area contributed by atoms with Crippen LogP contribution < -0.4 is 9.47 Å². The van der Waals surface area contributed by atoms with Crippen molar-refractivity contribution in [3.8, 4) is 22.9 Å². The monoisotopic (exact) mass is 399 g/mol. The van der Waals surface area contributed by atoms with E-state index in [0.29, 0.717) is 40.9 Å². The number of hydrogen-bond acceptors (Lipinski definition) is 6. The minimum Gasteiger partial charge on any atom is -0.454 e. The summed E-state index contributed by atoms with van der Waals surface area (Å²) in [6, 6.07) is 8.57. The van der Waals surface area contributed by atoms with E-state index in [0.717, 1.165) is 6.07 Å². The summed E-state index contributed by atoms with van der Waals surface area (Å²) in [4.78, 5) is 18.3. The number of aromatic nitrogens is 2. The second-order valence-electron chi connectivity index (χ2n) is 6.98. The van der Waals surface area contributed by atoms with Gasteiger partial charge in [0.05, 0.1) is 5.92 Å². The lowest BCUT2D eigenvalue weighted by Gasteiger charge is -2.16. The summed E-state index contributed by atoms with van der Waals surface area (Å²) in [7, 11) is 0. The van der Waals surface area contributed by atoms with Gasteiger partial charge in [0.1, 0.15) is 11.6 Å². The van der Waals surface area contributed by atoms with E-state index in [9.17, 15) is 13.6 Å². The van der Waals surface area contributed by atoms with Gasteiger partial charge in [-0.3, -0.25) is 4.79 Å². The molecule has 1 amide bonds. The van der Waals surface area contributed by atoms with Crippen molar-refractivity contribution in [2.75, 3.05) is 13.3 Å². The van der Waals surface area contributed by atoms with E-state index >= 15 is 0 Å². The highest BCUT2D eigenvalue weighted by molar-refractivity contribution is 5.79. The molecular formula is C20H15F2N3O4. The van der Waals surface area contributed by atoms with Gasteiger partial charge in [-0.05, 0) is 35.9 Å². The van der Waals surface area contributed by atoms with Crippen LogP contribution in [0.25, 0.3) is 11.4 Å². The third-order valence-corrected chi connectivity index (χ3v) is 4.93. The topological polar surface area (TPSA) is 77.7 Å². The second kappa shape index (κ2) is 6.84. The highest BCUT2D eigenvalue weighted by Crippen LogP contribution is 2.36. The van der Waals surface area contributed by atoms with Crippen LogP contribution in [0, 0.1) is 11.6 Å². The fourth-order valence-electron chi connectivity index (χ4n) is 3.57. The fourth-order valence-corrected chi connectivity index (χ4v) is 3.57. The lowest BCUT2D eigenvalue weighted by molar-refractivity contribution is -0.128. The normalized spacial score (nSPS) is 17.9. The van der Waals surface area contributed by atoms with Gasteiger partial charge in [-0.2, -0.15) is 4.98 Å². The van der Waals surface area contributed by atoms with E-state index in [1.54, 1.807) is 18.2 Å². The van der Waals surface area contributed by atoms with Gasteiger partial charge in [0, 0.05) is 31.1 Å². The van der Waals surface area contributed by atoms with Crippen molar-refractivity contribution in [3.63, 3.8) is 0 Å². The van der Waals surface area contributed by atoms with Crippen molar-refractivity contribution in [2.45, 2.75) is 18.9 Å². The molecule has 9 heteroatoms. The minimum atomic E-state index is -0.673. The van der Waals surface area contributed by atoms with Crippen molar-refractivity contribution in [1.29, 1.82) is 0 Å². The molecule has 0 spiro atoms. The van der Waals surface area contributed by atoms with Crippen LogP contribution in [0.3, 0.4) is 0 Å². The summed E-state index contributed by atoms with van der Waals surface area (Å²) in [5, 5.41) is 4.00. The lowest BCUT2D eigenvalue weighted by Crippen LogP contribution is -2.24. The average molecular weight is 399 g/mol. The van der Waals surface area contributed by atoms with Crippen LogP contribution in [0.2, 0.25) is 0 Å². The van der Waals surface area contributed by atoms with Crippen molar-refractivity contribution in [1.82, 2.24) is 15.0 Å². The molecule has 1 atom stereocenters. The number of ether oxygens (including phenoxy) is 2. The Bertz CT molecular complexity index is 1080. The Balaban J connectivity index is 1.31. The number of halogens is 2. The van der Waals surface area contributed by atoms with Gasteiger partial charge >= 0.3 is 0 Å². The van der Waals surface area contributed by atoms with Crippen LogP contribution >= 0.6 is 0 Å². The number of likely N-dealkylation sites (tertiary alicyclic amines) is 1. The molecule has 2 aliphatic heterocycles. The van der Waals surface area contributed by atoms with Gasteiger partial charge in [-0.25, -0.2) is 8.78 Å². The van der Waals surface area contributed by atoms with Crippen LogP contribution in [-0.4, -0.2) is 34.3 Å². The minimum absolute atomic E-state index is 0.118. The van der Waals surface area contributed by atoms with Crippen LogP contribution in [0.1, 0.15) is 23.8 Å². The first-order chi connectivity index (χ1) is 14.0. The molecule has 2 aromatic carbocycles. The summed E-state index contributed by atoms with van der Waals surface area (Å²) >= 11 is 0. The summed E-state index contributed by atoms with van der Waals surface area (Å²) in [5.74, 6) is 0.234. The van der Waals surface area contributed by atoms with E-state index in [1.165, 1.54) is 17.0 Å². The van der Waals surface area contributed by atoms with Gasteiger partial charge < -0.3 is 18.9 Å².